The van der Waals surface area contributed by atoms with E-state index in [0.717, 1.165) is 16.4 Å². The molecule has 0 fully saturated rings. The van der Waals surface area contributed by atoms with Gasteiger partial charge in [-0.1, -0.05) is 30.2 Å². The Morgan fingerprint density at radius 3 is 2.61 bits per heavy atom. The number of nitrogens with zero attached hydrogens (tertiary/aromatic N) is 8. The molecule has 2 unspecified atom stereocenters. The number of amides is 1. The van der Waals surface area contributed by atoms with Crippen LogP contribution in [0.4, 0.5) is 18.9 Å². The Kier molecular flexibility index (Phi) is 7.53. The molecule has 15 heteroatoms. The summed E-state index contributed by atoms with van der Waals surface area (Å²) in [7, 11) is 1.76. The van der Waals surface area contributed by atoms with E-state index >= 15 is 0 Å². The summed E-state index contributed by atoms with van der Waals surface area (Å²) in [6.07, 6.45) is 2.46. The Morgan fingerprint density at radius 1 is 1.05 bits per heavy atom. The number of fused-ring (bicyclic) bond motifs is 4. The molecule has 4 aromatic heterocycles. The van der Waals surface area contributed by atoms with Gasteiger partial charge in [0, 0.05) is 35.8 Å². The average Bonchev–Trinajstić information content (AvgIpc) is 3.62. The maximum atomic E-state index is 13.7. The fourth-order valence-electron chi connectivity index (χ4n) is 5.30. The Balaban J connectivity index is 1.42. The summed E-state index contributed by atoms with van der Waals surface area (Å²) in [6.45, 7) is 1.85. The first-order chi connectivity index (χ1) is 21.0. The summed E-state index contributed by atoms with van der Waals surface area (Å²) < 4.78 is 43.7. The first-order valence-electron chi connectivity index (χ1n) is 13.7. The highest BCUT2D eigenvalue weighted by atomic mass is 35.5. The van der Waals surface area contributed by atoms with Crippen LogP contribution in [-0.2, 0) is 18.0 Å². The Labute approximate surface area is 253 Å². The van der Waals surface area contributed by atoms with E-state index < -0.39 is 23.5 Å². The highest BCUT2D eigenvalue weighted by molar-refractivity contribution is 6.31. The minimum Gasteiger partial charge on any atom is -0.323 e. The number of carbonyl (C=O) groups is 1. The average molecular weight is 624 g/mol. The third-order valence-electron chi connectivity index (χ3n) is 7.61. The molecule has 5 aromatic rings. The number of nitrogens with one attached hydrogen (secondary N) is 1. The number of hydrogen-bond donors (Lipinski definition) is 1. The molecule has 1 amide bonds. The van der Waals surface area contributed by atoms with Crippen LogP contribution in [0.25, 0.3) is 28.3 Å². The van der Waals surface area contributed by atoms with E-state index in [-0.39, 0.29) is 23.2 Å². The van der Waals surface area contributed by atoms with Gasteiger partial charge in [0.05, 0.1) is 47.5 Å². The molecule has 0 saturated carbocycles. The largest absolute Gasteiger partial charge is 0.436 e. The van der Waals surface area contributed by atoms with Crippen LogP contribution in [0.3, 0.4) is 0 Å². The third kappa shape index (κ3) is 5.60. The van der Waals surface area contributed by atoms with Gasteiger partial charge in [-0.3, -0.25) is 23.8 Å². The Bertz CT molecular complexity index is 1930. The second-order valence-electron chi connectivity index (χ2n) is 10.6. The van der Waals surface area contributed by atoms with Crippen molar-refractivity contribution in [2.24, 2.45) is 13.0 Å². The molecule has 1 aliphatic heterocycles. The number of hydrogen-bond acceptors (Lipinski definition) is 7. The number of benzene rings is 1. The van der Waals surface area contributed by atoms with E-state index in [1.54, 1.807) is 24.1 Å². The van der Waals surface area contributed by atoms with E-state index in [2.05, 4.69) is 30.7 Å². The molecule has 2 atom stereocenters. The molecule has 0 saturated heterocycles. The lowest BCUT2D eigenvalue weighted by Crippen LogP contribution is -2.26. The van der Waals surface area contributed by atoms with Crippen LogP contribution in [0.15, 0.2) is 66.1 Å². The Morgan fingerprint density at radius 2 is 1.86 bits per heavy atom. The van der Waals surface area contributed by atoms with Crippen LogP contribution in [0, 0.1) is 5.92 Å². The van der Waals surface area contributed by atoms with Crippen molar-refractivity contribution in [2.45, 2.75) is 38.4 Å². The highest BCUT2D eigenvalue weighted by Gasteiger charge is 2.35. The van der Waals surface area contributed by atoms with Crippen molar-refractivity contribution in [2.75, 3.05) is 5.32 Å². The van der Waals surface area contributed by atoms with Crippen molar-refractivity contribution in [3.8, 4) is 28.3 Å². The van der Waals surface area contributed by atoms with Crippen LogP contribution in [0.2, 0.25) is 5.02 Å². The molecule has 226 valence electrons. The third-order valence-corrected chi connectivity index (χ3v) is 7.84. The second-order valence-corrected chi connectivity index (χ2v) is 11.0. The fraction of sp³-hybridized carbons (Fsp3) is 0.276. The van der Waals surface area contributed by atoms with Crippen molar-refractivity contribution in [1.82, 2.24) is 39.3 Å². The van der Waals surface area contributed by atoms with Crippen molar-refractivity contribution in [1.29, 1.82) is 0 Å². The molecule has 0 aliphatic carbocycles. The lowest BCUT2D eigenvalue weighted by Gasteiger charge is -2.23. The normalized spacial score (nSPS) is 17.4. The molecule has 1 N–H and O–H groups in total. The van der Waals surface area contributed by atoms with Gasteiger partial charge in [-0.05, 0) is 48.7 Å². The minimum atomic E-state index is -4.68. The zero-order valence-electron chi connectivity index (χ0n) is 23.5. The molecule has 0 spiro atoms. The lowest BCUT2D eigenvalue weighted by atomic mass is 9.95. The van der Waals surface area contributed by atoms with Gasteiger partial charge in [0.15, 0.2) is 5.69 Å². The van der Waals surface area contributed by atoms with Gasteiger partial charge in [0.2, 0.25) is 5.91 Å². The zero-order valence-corrected chi connectivity index (χ0v) is 24.2. The second kappa shape index (κ2) is 11.3. The number of aryl methyl sites for hydroxylation is 1. The number of alkyl halides is 3. The molecule has 2 bridgehead atoms. The molecule has 0 radical (unpaired) electrons. The quantitative estimate of drug-likeness (QED) is 0.289. The van der Waals surface area contributed by atoms with Gasteiger partial charge in [-0.2, -0.15) is 18.3 Å². The zero-order chi connectivity index (χ0) is 31.2. The van der Waals surface area contributed by atoms with E-state index in [1.807, 2.05) is 19.1 Å². The van der Waals surface area contributed by atoms with Gasteiger partial charge in [0.25, 0.3) is 5.56 Å². The van der Waals surface area contributed by atoms with E-state index in [0.29, 0.717) is 46.9 Å². The molecule has 44 heavy (non-hydrogen) atoms. The number of halogens is 4. The fourth-order valence-corrected chi connectivity index (χ4v) is 5.48. The number of rotatable bonds is 3. The summed E-state index contributed by atoms with van der Waals surface area (Å²) in [5.41, 5.74) is 1.71. The SMILES string of the molecule is CC1CCCC(n2cnc(-c3cc(Cl)ccc3-n3cc(C(F)(F)F)nn3)cc2=O)c2ccnc(c2)-c2c(cnn2C)NC1=O. The molecule has 5 heterocycles. The molecule has 1 aromatic carbocycles. The molecule has 1 aliphatic rings. The summed E-state index contributed by atoms with van der Waals surface area (Å²) in [6, 6.07) is 9.04. The predicted octanol–water partition coefficient (Wildman–Crippen LogP) is 5.31. The van der Waals surface area contributed by atoms with Crippen molar-refractivity contribution >= 4 is 23.2 Å². The number of pyridine rings is 1. The van der Waals surface area contributed by atoms with Crippen LogP contribution in [0.1, 0.15) is 43.5 Å². The summed E-state index contributed by atoms with van der Waals surface area (Å²) in [4.78, 5) is 35.6. The molecule has 6 rings (SSSR count). The highest BCUT2D eigenvalue weighted by Crippen LogP contribution is 2.34. The van der Waals surface area contributed by atoms with Crippen molar-refractivity contribution in [3.63, 3.8) is 0 Å². The Hall–Kier alpha value is -4.85. The maximum absolute atomic E-state index is 13.7. The number of anilines is 1. The molecular formula is C29H25ClF3N9O2. The topological polar surface area (TPSA) is 125 Å². The molecular weight excluding hydrogens is 599 g/mol. The maximum Gasteiger partial charge on any atom is 0.436 e. The predicted molar refractivity (Wildman–Crippen MR) is 155 cm³/mol. The van der Waals surface area contributed by atoms with Gasteiger partial charge in [-0.15, -0.1) is 5.10 Å². The lowest BCUT2D eigenvalue weighted by molar-refractivity contribution is -0.141. The standard InChI is InChI=1S/C29H25ClF3N9O2/c1-16-4-3-5-23(17-8-9-34-21(10-17)27-22(37-28(16)44)13-36-40(27)2)41-15-35-20(12-26(41)43)19-11-18(30)6-7-24(19)42-14-25(38-39-42)29(31,32)33/h6-16,23H,3-5H2,1-2H3,(H,37,44). The number of carbonyl (C=O) groups excluding carboxylic acids is 1. The van der Waals surface area contributed by atoms with Gasteiger partial charge in [0.1, 0.15) is 5.69 Å². The number of aromatic nitrogens is 8. The van der Waals surface area contributed by atoms with Crippen LogP contribution in [-0.4, -0.2) is 45.2 Å². The van der Waals surface area contributed by atoms with Crippen molar-refractivity contribution in [3.05, 3.63) is 87.9 Å². The summed E-state index contributed by atoms with van der Waals surface area (Å²) >= 11 is 6.23. The summed E-state index contributed by atoms with van der Waals surface area (Å²) in [5, 5.41) is 14.4. The van der Waals surface area contributed by atoms with E-state index in [4.69, 9.17) is 11.6 Å². The van der Waals surface area contributed by atoms with Gasteiger partial charge < -0.3 is 5.32 Å². The van der Waals surface area contributed by atoms with Gasteiger partial charge >= 0.3 is 6.18 Å². The van der Waals surface area contributed by atoms with E-state index in [9.17, 15) is 22.8 Å². The van der Waals surface area contributed by atoms with Gasteiger partial charge in [-0.25, -0.2) is 9.67 Å². The smallest absolute Gasteiger partial charge is 0.323 e. The first-order valence-corrected chi connectivity index (χ1v) is 14.0. The van der Waals surface area contributed by atoms with Crippen molar-refractivity contribution < 1.29 is 18.0 Å². The minimum absolute atomic E-state index is 0.136. The van der Waals surface area contributed by atoms with Crippen LogP contribution in [0.5, 0.6) is 0 Å². The van der Waals surface area contributed by atoms with E-state index in [1.165, 1.54) is 35.2 Å². The van der Waals surface area contributed by atoms with Crippen LogP contribution >= 0.6 is 11.6 Å². The first kappa shape index (κ1) is 29.2. The molecule has 11 nitrogen and oxygen atoms in total. The monoisotopic (exact) mass is 623 g/mol. The summed E-state index contributed by atoms with van der Waals surface area (Å²) in [5.74, 6) is -0.426. The van der Waals surface area contributed by atoms with Crippen LogP contribution < -0.4 is 10.9 Å².